The van der Waals surface area contributed by atoms with Crippen molar-refractivity contribution < 1.29 is 14.3 Å². The number of piperazine rings is 1. The fraction of sp³-hybridized carbons (Fsp3) is 0.381. The number of hydrogen-bond acceptors (Lipinski definition) is 4. The average Bonchev–Trinajstić information content (AvgIpc) is 2.70. The summed E-state index contributed by atoms with van der Waals surface area (Å²) in [6.07, 6.45) is -0.504. The number of rotatable bonds is 6. The van der Waals surface area contributed by atoms with Crippen molar-refractivity contribution in [3.05, 3.63) is 54.6 Å². The van der Waals surface area contributed by atoms with Crippen LogP contribution in [0.5, 0.6) is 11.5 Å². The van der Waals surface area contributed by atoms with Crippen LogP contribution < -0.4 is 14.4 Å². The van der Waals surface area contributed by atoms with E-state index in [1.807, 2.05) is 61.2 Å². The quantitative estimate of drug-likeness (QED) is 0.799. The van der Waals surface area contributed by atoms with Crippen LogP contribution in [0.25, 0.3) is 0 Å². The van der Waals surface area contributed by atoms with Crippen molar-refractivity contribution in [1.82, 2.24) is 4.90 Å². The third kappa shape index (κ3) is 4.48. The second-order valence-electron chi connectivity index (χ2n) is 6.31. The molecule has 5 heteroatoms. The SMILES string of the molecule is CCOc1ccc(OC(C)C(=O)N2CCN(c3ccccc3)CC2)cc1. The monoisotopic (exact) mass is 354 g/mol. The molecule has 1 fully saturated rings. The summed E-state index contributed by atoms with van der Waals surface area (Å²) in [5.41, 5.74) is 1.21. The Hall–Kier alpha value is -2.69. The molecule has 0 radical (unpaired) electrons. The van der Waals surface area contributed by atoms with Crippen molar-refractivity contribution in [2.24, 2.45) is 0 Å². The fourth-order valence-corrected chi connectivity index (χ4v) is 3.12. The van der Waals surface area contributed by atoms with Gasteiger partial charge in [-0.25, -0.2) is 0 Å². The van der Waals surface area contributed by atoms with Crippen molar-refractivity contribution in [2.75, 3.05) is 37.7 Å². The highest BCUT2D eigenvalue weighted by Gasteiger charge is 2.26. The van der Waals surface area contributed by atoms with Crippen LogP contribution >= 0.6 is 0 Å². The zero-order valence-electron chi connectivity index (χ0n) is 15.4. The number of amides is 1. The Morgan fingerprint density at radius 1 is 0.962 bits per heavy atom. The van der Waals surface area contributed by atoms with Crippen molar-refractivity contribution >= 4 is 11.6 Å². The van der Waals surface area contributed by atoms with E-state index in [0.29, 0.717) is 25.4 Å². The number of para-hydroxylation sites is 1. The summed E-state index contributed by atoms with van der Waals surface area (Å²) in [5, 5.41) is 0. The molecule has 0 aliphatic carbocycles. The smallest absolute Gasteiger partial charge is 0.263 e. The first kappa shape index (κ1) is 18.1. The van der Waals surface area contributed by atoms with E-state index >= 15 is 0 Å². The number of benzene rings is 2. The molecule has 0 aromatic heterocycles. The van der Waals surface area contributed by atoms with Gasteiger partial charge in [0.15, 0.2) is 6.10 Å². The van der Waals surface area contributed by atoms with Crippen LogP contribution in [-0.2, 0) is 4.79 Å². The third-order valence-corrected chi connectivity index (χ3v) is 4.51. The highest BCUT2D eigenvalue weighted by molar-refractivity contribution is 5.81. The predicted octanol–water partition coefficient (Wildman–Crippen LogP) is 3.20. The lowest BCUT2D eigenvalue weighted by molar-refractivity contribution is -0.138. The Kier molecular flexibility index (Phi) is 6.00. The van der Waals surface area contributed by atoms with Crippen LogP contribution in [0, 0.1) is 0 Å². The highest BCUT2D eigenvalue weighted by atomic mass is 16.5. The number of carbonyl (C=O) groups excluding carboxylic acids is 1. The van der Waals surface area contributed by atoms with Crippen LogP contribution in [0.4, 0.5) is 5.69 Å². The lowest BCUT2D eigenvalue weighted by Gasteiger charge is -2.37. The molecule has 1 atom stereocenters. The van der Waals surface area contributed by atoms with Gasteiger partial charge in [0.1, 0.15) is 11.5 Å². The molecular formula is C21H26N2O3. The molecule has 1 unspecified atom stereocenters. The first-order valence-corrected chi connectivity index (χ1v) is 9.15. The van der Waals surface area contributed by atoms with Crippen LogP contribution in [0.1, 0.15) is 13.8 Å². The number of nitrogens with zero attached hydrogens (tertiary/aromatic N) is 2. The van der Waals surface area contributed by atoms with E-state index in [-0.39, 0.29) is 5.91 Å². The van der Waals surface area contributed by atoms with E-state index in [9.17, 15) is 4.79 Å². The van der Waals surface area contributed by atoms with Crippen LogP contribution in [0.3, 0.4) is 0 Å². The summed E-state index contributed by atoms with van der Waals surface area (Å²) in [6.45, 7) is 7.49. The van der Waals surface area contributed by atoms with E-state index in [1.165, 1.54) is 5.69 Å². The van der Waals surface area contributed by atoms with E-state index in [4.69, 9.17) is 9.47 Å². The Balaban J connectivity index is 1.51. The molecule has 2 aromatic carbocycles. The minimum absolute atomic E-state index is 0.0339. The molecule has 3 rings (SSSR count). The molecule has 1 aliphatic heterocycles. The molecule has 26 heavy (non-hydrogen) atoms. The molecule has 138 valence electrons. The van der Waals surface area contributed by atoms with Crippen LogP contribution in [-0.4, -0.2) is 49.7 Å². The maximum Gasteiger partial charge on any atom is 0.263 e. The van der Waals surface area contributed by atoms with E-state index in [2.05, 4.69) is 17.0 Å². The van der Waals surface area contributed by atoms with Gasteiger partial charge >= 0.3 is 0 Å². The molecule has 0 N–H and O–H groups in total. The van der Waals surface area contributed by atoms with E-state index in [1.54, 1.807) is 0 Å². The topological polar surface area (TPSA) is 42.0 Å². The van der Waals surface area contributed by atoms with Gasteiger partial charge in [-0.1, -0.05) is 18.2 Å². The first-order chi connectivity index (χ1) is 12.7. The molecule has 2 aromatic rings. The van der Waals surface area contributed by atoms with Gasteiger partial charge in [0.25, 0.3) is 5.91 Å². The first-order valence-electron chi connectivity index (χ1n) is 9.15. The Labute approximate surface area is 155 Å². The van der Waals surface area contributed by atoms with Gasteiger partial charge < -0.3 is 19.3 Å². The van der Waals surface area contributed by atoms with Gasteiger partial charge in [-0.15, -0.1) is 0 Å². The molecule has 1 saturated heterocycles. The standard InChI is InChI=1S/C21H26N2O3/c1-3-25-19-9-11-20(12-10-19)26-17(2)21(24)23-15-13-22(14-16-23)18-7-5-4-6-8-18/h4-12,17H,3,13-16H2,1-2H3. The molecule has 1 heterocycles. The second kappa shape index (κ2) is 8.61. The predicted molar refractivity (Wildman–Crippen MR) is 103 cm³/mol. The van der Waals surface area contributed by atoms with Crippen LogP contribution in [0.15, 0.2) is 54.6 Å². The molecular weight excluding hydrogens is 328 g/mol. The summed E-state index contributed by atoms with van der Waals surface area (Å²) in [6, 6.07) is 17.7. The lowest BCUT2D eigenvalue weighted by Crippen LogP contribution is -2.52. The van der Waals surface area contributed by atoms with Crippen molar-refractivity contribution in [3.8, 4) is 11.5 Å². The zero-order chi connectivity index (χ0) is 18.4. The third-order valence-electron chi connectivity index (χ3n) is 4.51. The van der Waals surface area contributed by atoms with Crippen molar-refractivity contribution in [1.29, 1.82) is 0 Å². The molecule has 1 aliphatic rings. The maximum atomic E-state index is 12.7. The average molecular weight is 354 g/mol. The number of ether oxygens (including phenoxy) is 2. The van der Waals surface area contributed by atoms with Gasteiger partial charge in [-0.05, 0) is 50.2 Å². The molecule has 5 nitrogen and oxygen atoms in total. The number of hydrogen-bond donors (Lipinski definition) is 0. The van der Waals surface area contributed by atoms with Gasteiger partial charge in [-0.3, -0.25) is 4.79 Å². The molecule has 1 amide bonds. The summed E-state index contributed by atoms with van der Waals surface area (Å²) in [7, 11) is 0. The van der Waals surface area contributed by atoms with Crippen LogP contribution in [0.2, 0.25) is 0 Å². The summed E-state index contributed by atoms with van der Waals surface area (Å²) in [5.74, 6) is 1.51. The molecule has 0 spiro atoms. The second-order valence-corrected chi connectivity index (χ2v) is 6.31. The summed E-state index contributed by atoms with van der Waals surface area (Å²) in [4.78, 5) is 16.9. The Morgan fingerprint density at radius 2 is 1.58 bits per heavy atom. The van der Waals surface area contributed by atoms with E-state index < -0.39 is 6.10 Å². The normalized spacial score (nSPS) is 15.5. The Morgan fingerprint density at radius 3 is 2.19 bits per heavy atom. The summed E-state index contributed by atoms with van der Waals surface area (Å²) < 4.78 is 11.2. The largest absolute Gasteiger partial charge is 0.494 e. The number of carbonyl (C=O) groups is 1. The van der Waals surface area contributed by atoms with Gasteiger partial charge in [0, 0.05) is 31.9 Å². The molecule has 0 saturated carbocycles. The van der Waals surface area contributed by atoms with Gasteiger partial charge in [0.05, 0.1) is 6.61 Å². The maximum absolute atomic E-state index is 12.7. The minimum atomic E-state index is -0.504. The van der Waals surface area contributed by atoms with Gasteiger partial charge in [0.2, 0.25) is 0 Å². The number of anilines is 1. The lowest BCUT2D eigenvalue weighted by atomic mass is 10.2. The van der Waals surface area contributed by atoms with Crippen molar-refractivity contribution in [2.45, 2.75) is 20.0 Å². The molecule has 0 bridgehead atoms. The fourth-order valence-electron chi connectivity index (χ4n) is 3.12. The summed E-state index contributed by atoms with van der Waals surface area (Å²) >= 11 is 0. The van der Waals surface area contributed by atoms with Crippen molar-refractivity contribution in [3.63, 3.8) is 0 Å². The highest BCUT2D eigenvalue weighted by Crippen LogP contribution is 2.20. The Bertz CT molecular complexity index is 695. The zero-order valence-corrected chi connectivity index (χ0v) is 15.4. The minimum Gasteiger partial charge on any atom is -0.494 e. The van der Waals surface area contributed by atoms with E-state index in [0.717, 1.165) is 18.8 Å². The van der Waals surface area contributed by atoms with Gasteiger partial charge in [-0.2, -0.15) is 0 Å².